The lowest BCUT2D eigenvalue weighted by molar-refractivity contribution is -0.129. The summed E-state index contributed by atoms with van der Waals surface area (Å²) in [6.07, 6.45) is 5.25. The van der Waals surface area contributed by atoms with Crippen LogP contribution in [-0.4, -0.2) is 57.5 Å². The fourth-order valence-corrected chi connectivity index (χ4v) is 4.95. The minimum absolute atomic E-state index is 0.105. The van der Waals surface area contributed by atoms with Crippen molar-refractivity contribution in [2.45, 2.75) is 31.0 Å². The molecule has 0 aliphatic carbocycles. The van der Waals surface area contributed by atoms with E-state index in [9.17, 15) is 9.59 Å². The van der Waals surface area contributed by atoms with Crippen LogP contribution in [-0.2, 0) is 23.1 Å². The van der Waals surface area contributed by atoms with Crippen LogP contribution in [0.4, 0.5) is 0 Å². The molecule has 1 fully saturated rings. The summed E-state index contributed by atoms with van der Waals surface area (Å²) in [5, 5.41) is 0.559. The normalized spacial score (nSPS) is 14.3. The zero-order chi connectivity index (χ0) is 21.8. The summed E-state index contributed by atoms with van der Waals surface area (Å²) in [6, 6.07) is 9.94. The van der Waals surface area contributed by atoms with E-state index in [1.54, 1.807) is 11.7 Å². The Morgan fingerprint density at radius 3 is 2.61 bits per heavy atom. The van der Waals surface area contributed by atoms with Crippen molar-refractivity contribution >= 4 is 28.7 Å². The first-order valence-electron chi connectivity index (χ1n) is 10.6. The van der Waals surface area contributed by atoms with E-state index >= 15 is 0 Å². The molecule has 0 spiro atoms. The van der Waals surface area contributed by atoms with Gasteiger partial charge in [-0.05, 0) is 24.8 Å². The molecule has 31 heavy (non-hydrogen) atoms. The van der Waals surface area contributed by atoms with Gasteiger partial charge in [0, 0.05) is 39.0 Å². The number of rotatable bonds is 7. The van der Waals surface area contributed by atoms with Gasteiger partial charge < -0.3 is 14.2 Å². The van der Waals surface area contributed by atoms with E-state index in [0.717, 1.165) is 37.1 Å². The predicted octanol–water partition coefficient (Wildman–Crippen LogP) is 3.15. The number of amides is 1. The van der Waals surface area contributed by atoms with Crippen molar-refractivity contribution in [2.75, 3.05) is 32.6 Å². The summed E-state index contributed by atoms with van der Waals surface area (Å²) in [4.78, 5) is 32.9. The van der Waals surface area contributed by atoms with Crippen molar-refractivity contribution in [3.05, 3.63) is 46.9 Å². The molecule has 7 nitrogen and oxygen atoms in total. The van der Waals surface area contributed by atoms with Crippen LogP contribution in [0, 0.1) is 0 Å². The van der Waals surface area contributed by atoms with Crippen LogP contribution < -0.4 is 5.56 Å². The second-order valence-corrected chi connectivity index (χ2v) is 8.73. The molecule has 2 aromatic heterocycles. The van der Waals surface area contributed by atoms with Gasteiger partial charge in [-0.25, -0.2) is 4.98 Å². The number of hydrogen-bond acceptors (Lipinski definition) is 5. The molecule has 1 amide bonds. The van der Waals surface area contributed by atoms with Gasteiger partial charge in [-0.3, -0.25) is 14.2 Å². The van der Waals surface area contributed by atoms with Crippen LogP contribution in [0.3, 0.4) is 0 Å². The van der Waals surface area contributed by atoms with Gasteiger partial charge in [0.15, 0.2) is 5.16 Å². The molecule has 0 atom stereocenters. The second kappa shape index (κ2) is 9.70. The molecule has 1 aromatic carbocycles. The molecule has 8 heteroatoms. The summed E-state index contributed by atoms with van der Waals surface area (Å²) < 4.78 is 8.69. The van der Waals surface area contributed by atoms with Crippen molar-refractivity contribution in [3.8, 4) is 11.1 Å². The number of thioether (sulfide) groups is 1. The quantitative estimate of drug-likeness (QED) is 0.417. The van der Waals surface area contributed by atoms with E-state index in [0.29, 0.717) is 29.3 Å². The number of methoxy groups -OCH3 is 1. The molecule has 1 aliphatic rings. The van der Waals surface area contributed by atoms with Crippen molar-refractivity contribution in [3.63, 3.8) is 0 Å². The van der Waals surface area contributed by atoms with Gasteiger partial charge in [0.2, 0.25) is 5.91 Å². The average Bonchev–Trinajstić information content (AvgIpc) is 3.14. The number of piperidine rings is 1. The number of nitrogens with zero attached hydrogens (tertiary/aromatic N) is 4. The largest absolute Gasteiger partial charge is 0.383 e. The Bertz CT molecular complexity index is 1120. The summed E-state index contributed by atoms with van der Waals surface area (Å²) in [5.74, 6) is 0.381. The van der Waals surface area contributed by atoms with E-state index in [4.69, 9.17) is 9.72 Å². The molecular weight excluding hydrogens is 412 g/mol. The van der Waals surface area contributed by atoms with Gasteiger partial charge >= 0.3 is 0 Å². The van der Waals surface area contributed by atoms with Gasteiger partial charge in [-0.15, -0.1) is 0 Å². The number of aromatic nitrogens is 3. The number of ether oxygens (including phenoxy) is 1. The molecular formula is C23H28N4O3S. The van der Waals surface area contributed by atoms with E-state index in [-0.39, 0.29) is 17.2 Å². The Hall–Kier alpha value is -2.58. The Kier molecular flexibility index (Phi) is 6.77. The van der Waals surface area contributed by atoms with Crippen LogP contribution in [0.25, 0.3) is 22.2 Å². The monoisotopic (exact) mass is 440 g/mol. The van der Waals surface area contributed by atoms with Crippen molar-refractivity contribution in [2.24, 2.45) is 7.05 Å². The number of carbonyl (C=O) groups is 1. The minimum atomic E-state index is -0.111. The highest BCUT2D eigenvalue weighted by atomic mass is 32.2. The Morgan fingerprint density at radius 1 is 1.16 bits per heavy atom. The van der Waals surface area contributed by atoms with E-state index < -0.39 is 0 Å². The van der Waals surface area contributed by atoms with E-state index in [2.05, 4.69) is 0 Å². The molecule has 1 saturated heterocycles. The smallest absolute Gasteiger partial charge is 0.278 e. The maximum Gasteiger partial charge on any atom is 0.278 e. The van der Waals surface area contributed by atoms with Gasteiger partial charge in [-0.1, -0.05) is 42.1 Å². The average molecular weight is 441 g/mol. The summed E-state index contributed by atoms with van der Waals surface area (Å²) in [5.41, 5.74) is 3.04. The minimum Gasteiger partial charge on any atom is -0.383 e. The van der Waals surface area contributed by atoms with Crippen LogP contribution in [0.2, 0.25) is 0 Å². The highest BCUT2D eigenvalue weighted by molar-refractivity contribution is 7.99. The third kappa shape index (κ3) is 4.55. The molecule has 3 heterocycles. The fourth-order valence-electron chi connectivity index (χ4n) is 4.03. The van der Waals surface area contributed by atoms with E-state index in [1.165, 1.54) is 18.2 Å². The third-order valence-corrected chi connectivity index (χ3v) is 6.64. The highest BCUT2D eigenvalue weighted by Crippen LogP contribution is 2.29. The zero-order valence-corrected chi connectivity index (χ0v) is 18.9. The van der Waals surface area contributed by atoms with Crippen LogP contribution in [0.15, 0.2) is 46.5 Å². The number of fused-ring (bicyclic) bond motifs is 1. The van der Waals surface area contributed by atoms with Crippen LogP contribution in [0.5, 0.6) is 0 Å². The summed E-state index contributed by atoms with van der Waals surface area (Å²) >= 11 is 1.34. The molecule has 0 N–H and O–H groups in total. The number of benzene rings is 1. The lowest BCUT2D eigenvalue weighted by Crippen LogP contribution is -2.37. The maximum atomic E-state index is 13.4. The first-order valence-corrected chi connectivity index (χ1v) is 11.6. The lowest BCUT2D eigenvalue weighted by Gasteiger charge is -2.26. The van der Waals surface area contributed by atoms with Gasteiger partial charge in [0.25, 0.3) is 5.56 Å². The number of carbonyl (C=O) groups excluding carboxylic acids is 1. The molecule has 3 aromatic rings. The predicted molar refractivity (Wildman–Crippen MR) is 123 cm³/mol. The lowest BCUT2D eigenvalue weighted by atomic mass is 10.1. The molecule has 1 aliphatic heterocycles. The third-order valence-electron chi connectivity index (χ3n) is 5.68. The van der Waals surface area contributed by atoms with Gasteiger partial charge in [-0.2, -0.15) is 0 Å². The molecule has 4 rings (SSSR count). The fraction of sp³-hybridized carbons (Fsp3) is 0.435. The van der Waals surface area contributed by atoms with Gasteiger partial charge in [0.1, 0.15) is 11.0 Å². The summed E-state index contributed by atoms with van der Waals surface area (Å²) in [6.45, 7) is 2.43. The SMILES string of the molecule is COCCn1c(SCC(=O)N2CCCCC2)nc2c(-c3ccccc3)cn(C)c2c1=O. The zero-order valence-electron chi connectivity index (χ0n) is 18.0. The van der Waals surface area contributed by atoms with E-state index in [1.807, 2.05) is 53.0 Å². The Balaban J connectivity index is 1.73. The van der Waals surface area contributed by atoms with Crippen LogP contribution in [0.1, 0.15) is 19.3 Å². The second-order valence-electron chi connectivity index (χ2n) is 7.79. The van der Waals surface area contributed by atoms with Crippen molar-refractivity contribution in [1.82, 2.24) is 19.0 Å². The molecule has 0 bridgehead atoms. The van der Waals surface area contributed by atoms with Crippen LogP contribution >= 0.6 is 11.8 Å². The first kappa shape index (κ1) is 21.6. The molecule has 164 valence electrons. The first-order chi connectivity index (χ1) is 15.1. The maximum absolute atomic E-state index is 13.4. The Morgan fingerprint density at radius 2 is 1.90 bits per heavy atom. The number of hydrogen-bond donors (Lipinski definition) is 0. The Labute approximate surface area is 186 Å². The standard InChI is InChI=1S/C23H28N4O3S/c1-25-15-18(17-9-5-3-6-10-17)20-21(25)22(29)27(13-14-30-2)23(24-20)31-16-19(28)26-11-7-4-8-12-26/h3,5-6,9-10,15H,4,7-8,11-14,16H2,1-2H3. The van der Waals surface area contributed by atoms with Crippen molar-refractivity contribution < 1.29 is 9.53 Å². The van der Waals surface area contributed by atoms with Crippen molar-refractivity contribution in [1.29, 1.82) is 0 Å². The number of aryl methyl sites for hydroxylation is 1. The molecule has 0 radical (unpaired) electrons. The topological polar surface area (TPSA) is 69.4 Å². The number of likely N-dealkylation sites (tertiary alicyclic amines) is 1. The molecule has 0 saturated carbocycles. The van der Waals surface area contributed by atoms with Gasteiger partial charge in [0.05, 0.1) is 18.9 Å². The molecule has 0 unspecified atom stereocenters. The summed E-state index contributed by atoms with van der Waals surface area (Å²) in [7, 11) is 3.48. The highest BCUT2D eigenvalue weighted by Gasteiger charge is 2.21.